The van der Waals surface area contributed by atoms with E-state index < -0.39 is 12.7 Å². The lowest BCUT2D eigenvalue weighted by Gasteiger charge is -2.32. The second-order valence-electron chi connectivity index (χ2n) is 5.19. The van der Waals surface area contributed by atoms with Gasteiger partial charge >= 0.3 is 6.18 Å². The molecule has 0 aliphatic heterocycles. The molecule has 2 rings (SSSR count). The van der Waals surface area contributed by atoms with Gasteiger partial charge in [-0.2, -0.15) is 13.2 Å². The molecule has 1 N–H and O–H groups in total. The Hall–Kier alpha value is -0.740. The Labute approximate surface area is 99.7 Å². The molecule has 0 radical (unpaired) electrons. The molecule has 5 heteroatoms. The standard InChI is InChI=1S/C12H19F3N2/c13-12(14,15)8-17(10-6-7-10)11(16)9-4-2-1-3-5-9/h9-10,16H,1-8H2. The highest BCUT2D eigenvalue weighted by Crippen LogP contribution is 2.34. The van der Waals surface area contributed by atoms with E-state index in [0.717, 1.165) is 44.9 Å². The van der Waals surface area contributed by atoms with Crippen molar-refractivity contribution in [2.24, 2.45) is 5.92 Å². The highest BCUT2D eigenvalue weighted by atomic mass is 19.4. The minimum atomic E-state index is -4.19. The molecule has 0 heterocycles. The van der Waals surface area contributed by atoms with Crippen LogP contribution in [0.1, 0.15) is 44.9 Å². The van der Waals surface area contributed by atoms with Gasteiger partial charge in [-0.3, -0.25) is 5.41 Å². The predicted molar refractivity (Wildman–Crippen MR) is 60.1 cm³/mol. The van der Waals surface area contributed by atoms with Crippen LogP contribution in [0.25, 0.3) is 0 Å². The van der Waals surface area contributed by atoms with E-state index in [0.29, 0.717) is 0 Å². The van der Waals surface area contributed by atoms with Crippen molar-refractivity contribution in [2.75, 3.05) is 6.54 Å². The number of amidine groups is 1. The molecular formula is C12H19F3N2. The first kappa shape index (κ1) is 12.7. The van der Waals surface area contributed by atoms with Crippen molar-refractivity contribution in [1.82, 2.24) is 4.90 Å². The number of alkyl halides is 3. The molecule has 0 amide bonds. The van der Waals surface area contributed by atoms with Crippen molar-refractivity contribution in [3.8, 4) is 0 Å². The molecule has 0 atom stereocenters. The van der Waals surface area contributed by atoms with Crippen molar-refractivity contribution < 1.29 is 13.2 Å². The third-order valence-corrected chi connectivity index (χ3v) is 3.64. The Morgan fingerprint density at radius 1 is 1.06 bits per heavy atom. The van der Waals surface area contributed by atoms with E-state index in [4.69, 9.17) is 5.41 Å². The highest BCUT2D eigenvalue weighted by molar-refractivity contribution is 5.82. The van der Waals surface area contributed by atoms with E-state index in [1.807, 2.05) is 0 Å². The Balaban J connectivity index is 1.97. The summed E-state index contributed by atoms with van der Waals surface area (Å²) in [6.07, 6.45) is 2.47. The zero-order valence-corrected chi connectivity index (χ0v) is 9.89. The number of rotatable bonds is 3. The van der Waals surface area contributed by atoms with Crippen LogP contribution in [0, 0.1) is 11.3 Å². The van der Waals surface area contributed by atoms with Crippen LogP contribution in [0.4, 0.5) is 13.2 Å². The third kappa shape index (κ3) is 3.61. The average Bonchev–Trinajstić information content (AvgIpc) is 3.09. The highest BCUT2D eigenvalue weighted by Gasteiger charge is 2.40. The molecule has 2 aliphatic carbocycles. The van der Waals surface area contributed by atoms with Crippen molar-refractivity contribution in [3.05, 3.63) is 0 Å². The molecule has 2 fully saturated rings. The van der Waals surface area contributed by atoms with Gasteiger partial charge in [-0.25, -0.2) is 0 Å². The van der Waals surface area contributed by atoms with Crippen LogP contribution >= 0.6 is 0 Å². The number of halogens is 3. The maximum absolute atomic E-state index is 12.5. The summed E-state index contributed by atoms with van der Waals surface area (Å²) in [6, 6.07) is -0.0222. The van der Waals surface area contributed by atoms with Gasteiger partial charge < -0.3 is 4.90 Å². The molecular weight excluding hydrogens is 229 g/mol. The van der Waals surface area contributed by atoms with Crippen LogP contribution in [0.15, 0.2) is 0 Å². The SMILES string of the molecule is N=C(C1CCCCC1)N(CC(F)(F)F)C1CC1. The molecule has 0 aromatic heterocycles. The van der Waals surface area contributed by atoms with Crippen molar-refractivity contribution in [2.45, 2.75) is 57.2 Å². The summed E-state index contributed by atoms with van der Waals surface area (Å²) in [7, 11) is 0. The van der Waals surface area contributed by atoms with Crippen molar-refractivity contribution >= 4 is 5.84 Å². The molecule has 17 heavy (non-hydrogen) atoms. The van der Waals surface area contributed by atoms with E-state index in [2.05, 4.69) is 0 Å². The molecule has 0 bridgehead atoms. The smallest absolute Gasteiger partial charge is 0.348 e. The van der Waals surface area contributed by atoms with Crippen LogP contribution in [-0.2, 0) is 0 Å². The van der Waals surface area contributed by atoms with Gasteiger partial charge in [0.15, 0.2) is 0 Å². The lowest BCUT2D eigenvalue weighted by molar-refractivity contribution is -0.139. The zero-order chi connectivity index (χ0) is 12.5. The quantitative estimate of drug-likeness (QED) is 0.600. The maximum atomic E-state index is 12.5. The predicted octanol–water partition coefficient (Wildman–Crippen LogP) is 3.57. The Morgan fingerprint density at radius 3 is 2.12 bits per heavy atom. The first-order chi connectivity index (χ1) is 7.97. The largest absolute Gasteiger partial charge is 0.405 e. The molecule has 0 unspecified atom stereocenters. The topological polar surface area (TPSA) is 27.1 Å². The summed E-state index contributed by atoms with van der Waals surface area (Å²) in [5, 5.41) is 8.02. The Bertz CT molecular complexity index is 278. The summed E-state index contributed by atoms with van der Waals surface area (Å²) in [5.41, 5.74) is 0. The van der Waals surface area contributed by atoms with E-state index in [1.54, 1.807) is 0 Å². The van der Waals surface area contributed by atoms with E-state index in [1.165, 1.54) is 4.90 Å². The lowest BCUT2D eigenvalue weighted by atomic mass is 9.88. The molecule has 0 aromatic rings. The number of nitrogens with one attached hydrogen (secondary N) is 1. The molecule has 98 valence electrons. The fourth-order valence-electron chi connectivity index (χ4n) is 2.60. The fraction of sp³-hybridized carbons (Fsp3) is 0.917. The van der Waals surface area contributed by atoms with E-state index >= 15 is 0 Å². The van der Waals surface area contributed by atoms with E-state index in [9.17, 15) is 13.2 Å². The Kier molecular flexibility index (Phi) is 3.64. The summed E-state index contributed by atoms with van der Waals surface area (Å²) >= 11 is 0. The Morgan fingerprint density at radius 2 is 1.65 bits per heavy atom. The maximum Gasteiger partial charge on any atom is 0.405 e. The summed E-state index contributed by atoms with van der Waals surface area (Å²) in [6.45, 7) is -0.938. The monoisotopic (exact) mass is 248 g/mol. The normalized spacial score (nSPS) is 22.5. The number of hydrogen-bond donors (Lipinski definition) is 1. The van der Waals surface area contributed by atoms with Crippen LogP contribution < -0.4 is 0 Å². The van der Waals surface area contributed by atoms with Crippen molar-refractivity contribution in [1.29, 1.82) is 5.41 Å². The van der Waals surface area contributed by atoms with Gasteiger partial charge in [-0.05, 0) is 25.7 Å². The minimum Gasteiger partial charge on any atom is -0.348 e. The van der Waals surface area contributed by atoms with Gasteiger partial charge in [-0.1, -0.05) is 19.3 Å². The van der Waals surface area contributed by atoms with E-state index in [-0.39, 0.29) is 17.8 Å². The molecule has 0 saturated heterocycles. The second-order valence-corrected chi connectivity index (χ2v) is 5.19. The van der Waals surface area contributed by atoms with Crippen LogP contribution in [-0.4, -0.2) is 29.5 Å². The molecule has 2 aliphatic rings. The van der Waals surface area contributed by atoms with Gasteiger partial charge in [0.1, 0.15) is 6.54 Å². The van der Waals surface area contributed by atoms with Gasteiger partial charge in [0.05, 0.1) is 5.84 Å². The van der Waals surface area contributed by atoms with Crippen LogP contribution in [0.2, 0.25) is 0 Å². The first-order valence-electron chi connectivity index (χ1n) is 6.39. The van der Waals surface area contributed by atoms with Crippen LogP contribution in [0.5, 0.6) is 0 Å². The summed E-state index contributed by atoms with van der Waals surface area (Å²) < 4.78 is 37.4. The van der Waals surface area contributed by atoms with Gasteiger partial charge in [-0.15, -0.1) is 0 Å². The molecule has 0 spiro atoms. The number of hydrogen-bond acceptors (Lipinski definition) is 1. The third-order valence-electron chi connectivity index (χ3n) is 3.64. The van der Waals surface area contributed by atoms with Crippen molar-refractivity contribution in [3.63, 3.8) is 0 Å². The van der Waals surface area contributed by atoms with Gasteiger partial charge in [0.25, 0.3) is 0 Å². The second kappa shape index (κ2) is 4.86. The van der Waals surface area contributed by atoms with Gasteiger partial charge in [0.2, 0.25) is 0 Å². The molecule has 2 saturated carbocycles. The summed E-state index contributed by atoms with van der Waals surface area (Å²) in [5.74, 6) is 0.302. The number of nitrogens with zero attached hydrogens (tertiary/aromatic N) is 1. The van der Waals surface area contributed by atoms with Crippen LogP contribution in [0.3, 0.4) is 0 Å². The fourth-order valence-corrected chi connectivity index (χ4v) is 2.60. The molecule has 2 nitrogen and oxygen atoms in total. The minimum absolute atomic E-state index is 0.0222. The molecule has 0 aromatic carbocycles. The first-order valence-corrected chi connectivity index (χ1v) is 6.39. The lowest BCUT2D eigenvalue weighted by Crippen LogP contribution is -2.43. The average molecular weight is 248 g/mol. The van der Waals surface area contributed by atoms with Gasteiger partial charge in [0, 0.05) is 12.0 Å². The zero-order valence-electron chi connectivity index (χ0n) is 9.89. The summed E-state index contributed by atoms with van der Waals surface area (Å²) in [4.78, 5) is 1.30.